The number of para-hydroxylation sites is 1. The van der Waals surface area contributed by atoms with Crippen molar-refractivity contribution in [3.63, 3.8) is 0 Å². The van der Waals surface area contributed by atoms with Gasteiger partial charge in [-0.25, -0.2) is 10.8 Å². The molecule has 0 aromatic heterocycles. The Bertz CT molecular complexity index is 805. The van der Waals surface area contributed by atoms with Crippen LogP contribution in [0.5, 0.6) is 0 Å². The summed E-state index contributed by atoms with van der Waals surface area (Å²) in [5, 5.41) is 0.472. The van der Waals surface area contributed by atoms with E-state index in [1.54, 1.807) is 30.3 Å². The van der Waals surface area contributed by atoms with Gasteiger partial charge >= 0.3 is 0 Å². The molecule has 116 valence electrons. The third-order valence-electron chi connectivity index (χ3n) is 3.41. The van der Waals surface area contributed by atoms with E-state index in [1.807, 2.05) is 23.6 Å². The highest BCUT2D eigenvalue weighted by molar-refractivity contribution is 6.43. The van der Waals surface area contributed by atoms with E-state index in [-0.39, 0.29) is 18.0 Å². The summed E-state index contributed by atoms with van der Waals surface area (Å²) in [7, 11) is 0. The summed E-state index contributed by atoms with van der Waals surface area (Å²) in [5.41, 5.74) is 3.74. The maximum absolute atomic E-state index is 12.7. The number of nitrogens with zero attached hydrogens (tertiary/aromatic N) is 2. The Morgan fingerprint density at radius 1 is 1.22 bits per heavy atom. The van der Waals surface area contributed by atoms with Gasteiger partial charge in [-0.15, -0.1) is 0 Å². The van der Waals surface area contributed by atoms with Gasteiger partial charge in [0.25, 0.3) is 5.91 Å². The number of carbonyl (C=O) groups is 2. The Morgan fingerprint density at radius 2 is 1.96 bits per heavy atom. The number of hydrogen-bond acceptors (Lipinski definition) is 4. The highest BCUT2D eigenvalue weighted by atomic mass is 35.5. The molecule has 1 aliphatic rings. The SMILES string of the molecule is NNC(=O)C1=Nc2ccc(Cl)cc2N(c2ccccc2)C(=O)C1. The molecule has 1 heterocycles. The Balaban J connectivity index is 2.18. The topological polar surface area (TPSA) is 87.8 Å². The summed E-state index contributed by atoms with van der Waals surface area (Å²) in [5.74, 6) is 4.28. The first kappa shape index (κ1) is 15.2. The molecule has 2 aromatic carbocycles. The van der Waals surface area contributed by atoms with Gasteiger partial charge in [0.2, 0.25) is 5.91 Å². The highest BCUT2D eigenvalue weighted by Gasteiger charge is 2.28. The molecule has 0 saturated carbocycles. The number of hydrazine groups is 1. The highest BCUT2D eigenvalue weighted by Crippen LogP contribution is 2.38. The molecule has 0 aliphatic carbocycles. The quantitative estimate of drug-likeness (QED) is 0.504. The molecular weight excluding hydrogens is 316 g/mol. The molecule has 0 spiro atoms. The smallest absolute Gasteiger partial charge is 0.280 e. The summed E-state index contributed by atoms with van der Waals surface area (Å²) in [6.07, 6.45) is -0.162. The molecule has 0 atom stereocenters. The minimum absolute atomic E-state index is 0.0551. The van der Waals surface area contributed by atoms with Gasteiger partial charge in [0.1, 0.15) is 5.71 Å². The van der Waals surface area contributed by atoms with E-state index in [2.05, 4.69) is 4.99 Å². The van der Waals surface area contributed by atoms with Crippen LogP contribution in [-0.2, 0) is 9.59 Å². The minimum Gasteiger partial charge on any atom is -0.289 e. The van der Waals surface area contributed by atoms with Crippen LogP contribution in [0.3, 0.4) is 0 Å². The van der Waals surface area contributed by atoms with Crippen molar-refractivity contribution in [1.29, 1.82) is 0 Å². The fourth-order valence-electron chi connectivity index (χ4n) is 2.39. The number of fused-ring (bicyclic) bond motifs is 1. The molecule has 0 bridgehead atoms. The van der Waals surface area contributed by atoms with Gasteiger partial charge < -0.3 is 0 Å². The van der Waals surface area contributed by atoms with Crippen LogP contribution >= 0.6 is 11.6 Å². The molecular formula is C16H13ClN4O2. The van der Waals surface area contributed by atoms with Crippen LogP contribution < -0.4 is 16.2 Å². The summed E-state index contributed by atoms with van der Waals surface area (Å²) in [4.78, 5) is 30.3. The van der Waals surface area contributed by atoms with Crippen molar-refractivity contribution in [3.8, 4) is 0 Å². The summed E-state index contributed by atoms with van der Waals surface area (Å²) in [6.45, 7) is 0. The van der Waals surface area contributed by atoms with Crippen molar-refractivity contribution < 1.29 is 9.59 Å². The first-order chi connectivity index (χ1) is 11.1. The second-order valence-electron chi connectivity index (χ2n) is 4.91. The molecule has 3 rings (SSSR count). The van der Waals surface area contributed by atoms with E-state index in [1.165, 1.54) is 4.90 Å². The van der Waals surface area contributed by atoms with Gasteiger partial charge in [0, 0.05) is 10.7 Å². The van der Waals surface area contributed by atoms with Crippen molar-refractivity contribution >= 4 is 46.2 Å². The Hall–Kier alpha value is -2.70. The molecule has 2 aromatic rings. The third-order valence-corrected chi connectivity index (χ3v) is 3.64. The van der Waals surface area contributed by atoms with Crippen molar-refractivity contribution in [2.75, 3.05) is 4.90 Å². The fraction of sp³-hybridized carbons (Fsp3) is 0.0625. The van der Waals surface area contributed by atoms with Gasteiger partial charge in [-0.3, -0.25) is 19.9 Å². The number of aliphatic imine (C=N–C) groups is 1. The lowest BCUT2D eigenvalue weighted by Gasteiger charge is -2.22. The molecule has 0 saturated heterocycles. The lowest BCUT2D eigenvalue weighted by Crippen LogP contribution is -2.38. The van der Waals surface area contributed by atoms with Gasteiger partial charge in [-0.05, 0) is 30.3 Å². The normalized spacial score (nSPS) is 13.9. The summed E-state index contributed by atoms with van der Waals surface area (Å²) >= 11 is 6.07. The molecule has 1 aliphatic heterocycles. The average Bonchev–Trinajstić information content (AvgIpc) is 2.70. The minimum atomic E-state index is -0.589. The second kappa shape index (κ2) is 6.20. The zero-order valence-corrected chi connectivity index (χ0v) is 12.7. The number of nitrogens with two attached hydrogens (primary N) is 1. The lowest BCUT2D eigenvalue weighted by molar-refractivity contribution is -0.118. The summed E-state index contributed by atoms with van der Waals surface area (Å²) in [6, 6.07) is 14.1. The molecule has 3 N–H and O–H groups in total. The fourth-order valence-corrected chi connectivity index (χ4v) is 2.55. The van der Waals surface area contributed by atoms with Crippen LogP contribution in [0.25, 0.3) is 0 Å². The molecule has 6 nitrogen and oxygen atoms in total. The number of amides is 2. The molecule has 0 fully saturated rings. The van der Waals surface area contributed by atoms with Crippen molar-refractivity contribution in [3.05, 3.63) is 53.6 Å². The first-order valence-corrected chi connectivity index (χ1v) is 7.24. The zero-order chi connectivity index (χ0) is 16.4. The molecule has 2 amide bonds. The van der Waals surface area contributed by atoms with Gasteiger partial charge in [0.05, 0.1) is 17.8 Å². The van der Waals surface area contributed by atoms with Gasteiger partial charge in [-0.2, -0.15) is 0 Å². The van der Waals surface area contributed by atoms with Crippen LogP contribution in [0.4, 0.5) is 17.1 Å². The predicted molar refractivity (Wildman–Crippen MR) is 89.1 cm³/mol. The lowest BCUT2D eigenvalue weighted by atomic mass is 10.2. The van der Waals surface area contributed by atoms with E-state index >= 15 is 0 Å². The molecule has 0 unspecified atom stereocenters. The molecule has 23 heavy (non-hydrogen) atoms. The number of rotatable bonds is 2. The van der Waals surface area contributed by atoms with Crippen molar-refractivity contribution in [2.45, 2.75) is 6.42 Å². The Labute approximate surface area is 137 Å². The third kappa shape index (κ3) is 2.94. The van der Waals surface area contributed by atoms with Crippen LogP contribution in [0.1, 0.15) is 6.42 Å². The number of hydrogen-bond donors (Lipinski definition) is 2. The van der Waals surface area contributed by atoms with E-state index < -0.39 is 5.91 Å². The van der Waals surface area contributed by atoms with Crippen LogP contribution in [0, 0.1) is 0 Å². The van der Waals surface area contributed by atoms with E-state index in [0.29, 0.717) is 22.1 Å². The van der Waals surface area contributed by atoms with E-state index in [4.69, 9.17) is 17.4 Å². The molecule has 0 radical (unpaired) electrons. The predicted octanol–water partition coefficient (Wildman–Crippen LogP) is 2.47. The second-order valence-corrected chi connectivity index (χ2v) is 5.34. The number of halogens is 1. The number of benzene rings is 2. The number of anilines is 2. The summed E-state index contributed by atoms with van der Waals surface area (Å²) < 4.78 is 0. The maximum Gasteiger partial charge on any atom is 0.280 e. The first-order valence-electron chi connectivity index (χ1n) is 6.86. The largest absolute Gasteiger partial charge is 0.289 e. The number of nitrogens with one attached hydrogen (secondary N) is 1. The average molecular weight is 329 g/mol. The molecule has 7 heteroatoms. The van der Waals surface area contributed by atoms with Gasteiger partial charge in [-0.1, -0.05) is 29.8 Å². The monoisotopic (exact) mass is 328 g/mol. The standard InChI is InChI=1S/C16H13ClN4O2/c17-10-6-7-12-14(8-10)21(11-4-2-1-3-5-11)15(22)9-13(19-12)16(23)20-18/h1-8H,9,18H2,(H,20,23). The number of carbonyl (C=O) groups excluding carboxylic acids is 2. The van der Waals surface area contributed by atoms with Crippen LogP contribution in [0.2, 0.25) is 5.02 Å². The van der Waals surface area contributed by atoms with E-state index in [0.717, 1.165) is 0 Å². The zero-order valence-electron chi connectivity index (χ0n) is 12.0. The Kier molecular flexibility index (Phi) is 4.10. The van der Waals surface area contributed by atoms with Crippen LogP contribution in [0.15, 0.2) is 53.5 Å². The Morgan fingerprint density at radius 3 is 2.65 bits per heavy atom. The van der Waals surface area contributed by atoms with E-state index in [9.17, 15) is 9.59 Å². The van der Waals surface area contributed by atoms with Crippen molar-refractivity contribution in [1.82, 2.24) is 5.43 Å². The maximum atomic E-state index is 12.7. The van der Waals surface area contributed by atoms with Gasteiger partial charge in [0.15, 0.2) is 0 Å². The van der Waals surface area contributed by atoms with Crippen molar-refractivity contribution in [2.24, 2.45) is 10.8 Å². The van der Waals surface area contributed by atoms with Crippen LogP contribution in [-0.4, -0.2) is 17.5 Å².